The number of hydrogen-bond donors (Lipinski definition) is 4. The lowest BCUT2D eigenvalue weighted by Gasteiger charge is -2.15. The molecule has 0 unspecified atom stereocenters. The largest absolute Gasteiger partial charge is 0.505 e. The number of nitrogens with zero attached hydrogens (tertiary/aromatic N) is 8. The fourth-order valence-electron chi connectivity index (χ4n) is 7.13. The van der Waals surface area contributed by atoms with Gasteiger partial charge in [-0.15, -0.1) is 11.5 Å². The first-order valence-corrected chi connectivity index (χ1v) is 19.8. The van der Waals surface area contributed by atoms with Gasteiger partial charge in [-0.3, -0.25) is 9.80 Å². The van der Waals surface area contributed by atoms with Crippen LogP contribution in [0, 0.1) is 53.9 Å². The highest BCUT2D eigenvalue weighted by molar-refractivity contribution is 5.90. The molecule has 0 aliphatic carbocycles. The summed E-state index contributed by atoms with van der Waals surface area (Å²) in [4.78, 5) is 17.7. The number of aromatic hydroxyl groups is 3. The second-order valence-electron chi connectivity index (χ2n) is 15.4. The number of phenols is 3. The van der Waals surface area contributed by atoms with Gasteiger partial charge in [-0.05, 0) is 114 Å². The average molecular weight is 814 g/mol. The molecule has 0 saturated carbocycles. The van der Waals surface area contributed by atoms with Crippen LogP contribution in [-0.2, 0) is 32.7 Å². The summed E-state index contributed by atoms with van der Waals surface area (Å²) in [6.07, 6.45) is 7.04. The van der Waals surface area contributed by atoms with E-state index in [0.717, 1.165) is 72.3 Å². The zero-order valence-electron chi connectivity index (χ0n) is 36.1. The smallest absolute Gasteiger partial charge is 0.144 e. The van der Waals surface area contributed by atoms with Crippen LogP contribution in [0.15, 0.2) is 60.8 Å². The Labute approximate surface area is 351 Å². The molecule has 0 spiro atoms. The van der Waals surface area contributed by atoms with E-state index in [-0.39, 0.29) is 18.0 Å². The fourth-order valence-corrected chi connectivity index (χ4v) is 7.13. The zero-order valence-corrected chi connectivity index (χ0v) is 36.1. The normalized spacial score (nSPS) is 11.2. The predicted octanol–water partition coefficient (Wildman–Crippen LogP) is 7.65. The molecule has 12 nitrogen and oxygen atoms in total. The van der Waals surface area contributed by atoms with E-state index in [1.54, 1.807) is 6.20 Å². The standard InChI is InChI=1S/C18H22FN5O.C16H18N2O.C13H16N2O/c1-12-8-13(2)18(25)17-16(12)5-4-14(20-17)9-23(3)10-15-11-24(7-6-19)22-21-15;1-5-8-18(4)10-13-6-7-14-11(2)9-12(3)16(19)15(14)17-13;1-8-6-9(2)13(16)12-11(8)5-4-10(15-12)7-14-3/h4-5,8,11,25H,6-7,9-10H2,1-3H3;1,6-7,9,19H,8,10H2,2-4H3;4-6,14,16H,7H2,1-3H3. The molecule has 4 N–H and O–H groups in total. The molecule has 0 radical (unpaired) electrons. The highest BCUT2D eigenvalue weighted by Crippen LogP contribution is 2.32. The Balaban J connectivity index is 0.000000176. The molecule has 4 aromatic heterocycles. The van der Waals surface area contributed by atoms with E-state index < -0.39 is 6.67 Å². The molecule has 7 aromatic rings. The van der Waals surface area contributed by atoms with Crippen molar-refractivity contribution in [1.29, 1.82) is 0 Å². The first-order chi connectivity index (χ1) is 28.6. The van der Waals surface area contributed by atoms with Crippen molar-refractivity contribution in [2.24, 2.45) is 0 Å². The number of hydrogen-bond acceptors (Lipinski definition) is 11. The van der Waals surface area contributed by atoms with Crippen molar-refractivity contribution in [2.45, 2.75) is 74.3 Å². The molecule has 0 aliphatic rings. The minimum atomic E-state index is -0.456. The Morgan fingerprint density at radius 1 is 0.633 bits per heavy atom. The molecular formula is C47H56FN9O3. The number of pyridine rings is 3. The van der Waals surface area contributed by atoms with E-state index in [2.05, 4.69) is 41.4 Å². The van der Waals surface area contributed by atoms with Gasteiger partial charge in [0.25, 0.3) is 0 Å². The molecule has 0 aliphatic heterocycles. The van der Waals surface area contributed by atoms with E-state index in [1.165, 1.54) is 4.68 Å². The number of halogens is 1. The molecule has 0 fully saturated rings. The van der Waals surface area contributed by atoms with Crippen LogP contribution in [-0.4, -0.2) is 89.4 Å². The summed E-state index contributed by atoms with van der Waals surface area (Å²) in [7, 11) is 5.79. The summed E-state index contributed by atoms with van der Waals surface area (Å²) < 4.78 is 13.8. The van der Waals surface area contributed by atoms with Crippen molar-refractivity contribution in [3.05, 3.63) is 117 Å². The number of alkyl halides is 1. The minimum Gasteiger partial charge on any atom is -0.505 e. The maximum atomic E-state index is 12.3. The number of benzene rings is 3. The van der Waals surface area contributed by atoms with Gasteiger partial charge in [-0.25, -0.2) is 24.0 Å². The summed E-state index contributed by atoms with van der Waals surface area (Å²) >= 11 is 0. The van der Waals surface area contributed by atoms with Gasteiger partial charge in [-0.2, -0.15) is 0 Å². The topological polar surface area (TPSA) is 149 Å². The second kappa shape index (κ2) is 20.2. The van der Waals surface area contributed by atoms with Crippen LogP contribution in [0.2, 0.25) is 0 Å². The molecule has 4 heterocycles. The third-order valence-corrected chi connectivity index (χ3v) is 10.1. The van der Waals surface area contributed by atoms with Crippen LogP contribution in [0.25, 0.3) is 32.7 Å². The second-order valence-corrected chi connectivity index (χ2v) is 15.4. The van der Waals surface area contributed by atoms with E-state index in [1.807, 2.05) is 122 Å². The van der Waals surface area contributed by atoms with Gasteiger partial charge in [0.1, 0.15) is 40.5 Å². The maximum Gasteiger partial charge on any atom is 0.144 e. The predicted molar refractivity (Wildman–Crippen MR) is 238 cm³/mol. The van der Waals surface area contributed by atoms with Gasteiger partial charge in [-0.1, -0.05) is 47.5 Å². The Kier molecular flexibility index (Phi) is 15.1. The first kappa shape index (κ1) is 44.9. The van der Waals surface area contributed by atoms with Crippen molar-refractivity contribution in [3.8, 4) is 29.6 Å². The van der Waals surface area contributed by atoms with Gasteiger partial charge in [0, 0.05) is 48.5 Å². The highest BCUT2D eigenvalue weighted by atomic mass is 19.1. The Morgan fingerprint density at radius 3 is 1.48 bits per heavy atom. The zero-order chi connectivity index (χ0) is 43.7. The van der Waals surface area contributed by atoms with Gasteiger partial charge < -0.3 is 20.6 Å². The quantitative estimate of drug-likeness (QED) is 0.0955. The molecule has 60 heavy (non-hydrogen) atoms. The maximum absolute atomic E-state index is 12.3. The lowest BCUT2D eigenvalue weighted by molar-refractivity contribution is 0.311. The monoisotopic (exact) mass is 813 g/mol. The van der Waals surface area contributed by atoms with Crippen LogP contribution >= 0.6 is 0 Å². The van der Waals surface area contributed by atoms with E-state index in [4.69, 9.17) is 6.42 Å². The minimum absolute atomic E-state index is 0.223. The van der Waals surface area contributed by atoms with Crippen LogP contribution in [0.4, 0.5) is 4.39 Å². The van der Waals surface area contributed by atoms with E-state index in [9.17, 15) is 19.7 Å². The Hall–Kier alpha value is -6.20. The van der Waals surface area contributed by atoms with Gasteiger partial charge >= 0.3 is 0 Å². The number of aromatic nitrogens is 6. The van der Waals surface area contributed by atoms with E-state index in [0.29, 0.717) is 55.0 Å². The number of rotatable bonds is 11. The summed E-state index contributed by atoms with van der Waals surface area (Å²) in [6.45, 7) is 14.7. The molecule has 7 rings (SSSR count). The van der Waals surface area contributed by atoms with Crippen LogP contribution in [0.1, 0.15) is 56.2 Å². The average Bonchev–Trinajstić information content (AvgIpc) is 3.65. The molecule has 0 bridgehead atoms. The third kappa shape index (κ3) is 10.9. The molecular weight excluding hydrogens is 758 g/mol. The van der Waals surface area contributed by atoms with Gasteiger partial charge in [0.2, 0.25) is 0 Å². The summed E-state index contributed by atoms with van der Waals surface area (Å²) in [6, 6.07) is 17.9. The van der Waals surface area contributed by atoms with Crippen molar-refractivity contribution in [2.75, 3.05) is 34.4 Å². The summed E-state index contributed by atoms with van der Waals surface area (Å²) in [5, 5.41) is 44.4. The molecule has 13 heteroatoms. The van der Waals surface area contributed by atoms with Crippen molar-refractivity contribution >= 4 is 32.7 Å². The fraction of sp³-hybridized carbons (Fsp3) is 0.340. The lowest BCUT2D eigenvalue weighted by Crippen LogP contribution is -2.18. The SMILES string of the molecule is C#CCN(C)Cc1ccc2c(C)cc(C)c(O)c2n1.CNCc1ccc2c(C)cc(C)c(O)c2n1.Cc1cc(C)c2ccc(CN(C)Cc3cn(CCF)nn3)nc2c1O. The van der Waals surface area contributed by atoms with Gasteiger partial charge in [0.15, 0.2) is 0 Å². The van der Waals surface area contributed by atoms with Crippen molar-refractivity contribution in [1.82, 2.24) is 45.1 Å². The number of nitrogens with one attached hydrogen (secondary N) is 1. The van der Waals surface area contributed by atoms with Crippen LogP contribution in [0.3, 0.4) is 0 Å². The number of fused-ring (bicyclic) bond motifs is 3. The van der Waals surface area contributed by atoms with Crippen LogP contribution < -0.4 is 5.32 Å². The Morgan fingerprint density at radius 2 is 1.05 bits per heavy atom. The highest BCUT2D eigenvalue weighted by Gasteiger charge is 2.13. The molecule has 314 valence electrons. The molecule has 3 aromatic carbocycles. The molecule has 0 atom stereocenters. The van der Waals surface area contributed by atoms with E-state index >= 15 is 0 Å². The first-order valence-electron chi connectivity index (χ1n) is 19.8. The van der Waals surface area contributed by atoms with Crippen LogP contribution in [0.5, 0.6) is 17.2 Å². The summed E-state index contributed by atoms with van der Waals surface area (Å²) in [5.41, 5.74) is 11.4. The molecule has 0 saturated heterocycles. The van der Waals surface area contributed by atoms with Gasteiger partial charge in [0.05, 0.1) is 35.9 Å². The van der Waals surface area contributed by atoms with Crippen molar-refractivity contribution < 1.29 is 19.7 Å². The van der Waals surface area contributed by atoms with Crippen molar-refractivity contribution in [3.63, 3.8) is 0 Å². The Bertz CT molecular complexity index is 2660. The lowest BCUT2D eigenvalue weighted by atomic mass is 10.0. The third-order valence-electron chi connectivity index (χ3n) is 10.1. The number of aryl methyl sites for hydroxylation is 7. The number of phenolic OH excluding ortho intramolecular Hbond substituents is 3. The summed E-state index contributed by atoms with van der Waals surface area (Å²) in [5.74, 6) is 3.39. The molecule has 0 amide bonds. The number of terminal acetylenes is 1.